The number of fused-ring (bicyclic) bond motifs is 3. The van der Waals surface area contributed by atoms with E-state index in [-0.39, 0.29) is 0 Å². The lowest BCUT2D eigenvalue weighted by molar-refractivity contribution is 1.19. The zero-order valence-corrected chi connectivity index (χ0v) is 22.8. The van der Waals surface area contributed by atoms with Crippen LogP contribution in [-0.2, 0) is 0 Å². The average molecular weight is 536 g/mol. The second kappa shape index (κ2) is 10.1. The van der Waals surface area contributed by atoms with Gasteiger partial charge in [0.05, 0.1) is 17.1 Å². The van der Waals surface area contributed by atoms with E-state index >= 15 is 0 Å². The summed E-state index contributed by atoms with van der Waals surface area (Å²) in [4.78, 5) is 15.0. The lowest BCUT2D eigenvalue weighted by Crippen LogP contribution is -1.97. The van der Waals surface area contributed by atoms with Crippen LogP contribution in [0.4, 0.5) is 0 Å². The molecule has 0 saturated carbocycles. The molecule has 2 heterocycles. The third-order valence-corrected chi connectivity index (χ3v) is 7.95. The normalized spacial score (nSPS) is 11.3. The Balaban J connectivity index is 1.31. The third-order valence-electron chi connectivity index (χ3n) is 7.95. The van der Waals surface area contributed by atoms with E-state index in [1.165, 1.54) is 26.9 Å². The molecule has 196 valence electrons. The molecule has 3 heteroatoms. The SMILES string of the molecule is c1ccc2c(-c3cc(-c4cccc5ccccc45)nc(-c4ccc(-c5nccc6ccccc56)cc4)n3)cccc2c1. The maximum atomic E-state index is 5.16. The molecular weight excluding hydrogens is 510 g/mol. The summed E-state index contributed by atoms with van der Waals surface area (Å²) in [5.74, 6) is 0.695. The summed E-state index contributed by atoms with van der Waals surface area (Å²) < 4.78 is 0. The Hall–Kier alpha value is -5.67. The number of hydrogen-bond acceptors (Lipinski definition) is 3. The summed E-state index contributed by atoms with van der Waals surface area (Å²) in [6, 6.07) is 50.7. The molecule has 0 aliphatic rings. The Bertz CT molecular complexity index is 2140. The highest BCUT2D eigenvalue weighted by molar-refractivity contribution is 5.99. The molecule has 0 radical (unpaired) electrons. The van der Waals surface area contributed by atoms with Crippen LogP contribution in [0.2, 0.25) is 0 Å². The van der Waals surface area contributed by atoms with Crippen LogP contribution in [0.1, 0.15) is 0 Å². The minimum Gasteiger partial charge on any atom is -0.256 e. The monoisotopic (exact) mass is 535 g/mol. The van der Waals surface area contributed by atoms with E-state index in [0.29, 0.717) is 5.82 Å². The fourth-order valence-corrected chi connectivity index (χ4v) is 5.88. The van der Waals surface area contributed by atoms with Gasteiger partial charge < -0.3 is 0 Å². The lowest BCUT2D eigenvalue weighted by atomic mass is 9.98. The Morgan fingerprint density at radius 2 is 0.857 bits per heavy atom. The standard InChI is InChI=1S/C39H25N3/c1-4-14-31-26(9-1)12-7-17-34(31)36-25-37(35-18-8-13-27-10-2-5-15-32(27)35)42-39(41-36)30-21-19-29(20-22-30)38-33-16-6-3-11-28(33)23-24-40-38/h1-25H. The summed E-state index contributed by atoms with van der Waals surface area (Å²) in [6.07, 6.45) is 1.87. The summed E-state index contributed by atoms with van der Waals surface area (Å²) >= 11 is 0. The summed E-state index contributed by atoms with van der Waals surface area (Å²) in [7, 11) is 0. The quantitative estimate of drug-likeness (QED) is 0.225. The van der Waals surface area contributed by atoms with Crippen LogP contribution < -0.4 is 0 Å². The van der Waals surface area contributed by atoms with Gasteiger partial charge in [-0.1, -0.05) is 133 Å². The molecule has 0 atom stereocenters. The highest BCUT2D eigenvalue weighted by Gasteiger charge is 2.15. The maximum Gasteiger partial charge on any atom is 0.160 e. The maximum absolute atomic E-state index is 5.16. The largest absolute Gasteiger partial charge is 0.256 e. The molecule has 8 rings (SSSR count). The van der Waals surface area contributed by atoms with Crippen molar-refractivity contribution in [1.29, 1.82) is 0 Å². The van der Waals surface area contributed by atoms with Crippen molar-refractivity contribution < 1.29 is 0 Å². The summed E-state index contributed by atoms with van der Waals surface area (Å²) in [5.41, 5.74) is 6.99. The van der Waals surface area contributed by atoms with E-state index in [1.807, 2.05) is 6.20 Å². The molecule has 3 nitrogen and oxygen atoms in total. The molecule has 0 fully saturated rings. The van der Waals surface area contributed by atoms with E-state index in [9.17, 15) is 0 Å². The number of nitrogens with zero attached hydrogens (tertiary/aromatic N) is 3. The molecule has 0 bridgehead atoms. The molecule has 0 N–H and O–H groups in total. The van der Waals surface area contributed by atoms with Crippen molar-refractivity contribution in [3.63, 3.8) is 0 Å². The molecule has 2 aromatic heterocycles. The van der Waals surface area contributed by atoms with Gasteiger partial charge in [-0.2, -0.15) is 0 Å². The Morgan fingerprint density at radius 3 is 1.45 bits per heavy atom. The van der Waals surface area contributed by atoms with Crippen molar-refractivity contribution in [2.24, 2.45) is 0 Å². The van der Waals surface area contributed by atoms with Crippen LogP contribution in [0.25, 0.3) is 77.5 Å². The van der Waals surface area contributed by atoms with Crippen molar-refractivity contribution in [3.05, 3.63) is 152 Å². The first kappa shape index (κ1) is 24.2. The van der Waals surface area contributed by atoms with Gasteiger partial charge in [0.1, 0.15) is 0 Å². The van der Waals surface area contributed by atoms with Crippen molar-refractivity contribution in [2.45, 2.75) is 0 Å². The first-order valence-corrected chi connectivity index (χ1v) is 14.1. The summed E-state index contributed by atoms with van der Waals surface area (Å²) in [5, 5.41) is 7.04. The molecule has 0 unspecified atom stereocenters. The topological polar surface area (TPSA) is 38.7 Å². The average Bonchev–Trinajstić information content (AvgIpc) is 3.07. The van der Waals surface area contributed by atoms with E-state index in [0.717, 1.165) is 44.7 Å². The lowest BCUT2D eigenvalue weighted by Gasteiger charge is -2.13. The minimum atomic E-state index is 0.695. The minimum absolute atomic E-state index is 0.695. The van der Waals surface area contributed by atoms with E-state index in [1.54, 1.807) is 0 Å². The second-order valence-corrected chi connectivity index (χ2v) is 10.5. The van der Waals surface area contributed by atoms with Gasteiger partial charge in [-0.15, -0.1) is 0 Å². The highest BCUT2D eigenvalue weighted by atomic mass is 14.9. The molecule has 8 aromatic rings. The third kappa shape index (κ3) is 4.20. The molecule has 0 spiro atoms. The smallest absolute Gasteiger partial charge is 0.160 e. The predicted molar refractivity (Wildman–Crippen MR) is 174 cm³/mol. The van der Waals surface area contributed by atoms with Gasteiger partial charge in [-0.3, -0.25) is 4.98 Å². The Morgan fingerprint density at radius 1 is 0.381 bits per heavy atom. The molecule has 0 amide bonds. The molecule has 6 aromatic carbocycles. The van der Waals surface area contributed by atoms with Crippen LogP contribution in [0.5, 0.6) is 0 Å². The first-order valence-electron chi connectivity index (χ1n) is 14.1. The van der Waals surface area contributed by atoms with E-state index in [4.69, 9.17) is 15.0 Å². The molecule has 0 aliphatic carbocycles. The van der Waals surface area contributed by atoms with Gasteiger partial charge in [0.15, 0.2) is 5.82 Å². The van der Waals surface area contributed by atoms with Gasteiger partial charge in [-0.05, 0) is 39.1 Å². The van der Waals surface area contributed by atoms with Crippen LogP contribution in [0.3, 0.4) is 0 Å². The molecule has 42 heavy (non-hydrogen) atoms. The number of aromatic nitrogens is 3. The zero-order valence-electron chi connectivity index (χ0n) is 22.8. The number of rotatable bonds is 4. The number of benzene rings is 6. The van der Waals surface area contributed by atoms with Gasteiger partial charge >= 0.3 is 0 Å². The Labute approximate surface area is 243 Å². The molecule has 0 saturated heterocycles. The Kier molecular flexibility index (Phi) is 5.79. The van der Waals surface area contributed by atoms with Crippen molar-refractivity contribution in [3.8, 4) is 45.2 Å². The highest BCUT2D eigenvalue weighted by Crippen LogP contribution is 2.35. The van der Waals surface area contributed by atoms with E-state index in [2.05, 4.69) is 146 Å². The fraction of sp³-hybridized carbons (Fsp3) is 0. The van der Waals surface area contributed by atoms with Crippen molar-refractivity contribution in [2.75, 3.05) is 0 Å². The summed E-state index contributed by atoms with van der Waals surface area (Å²) in [6.45, 7) is 0. The molecular formula is C39H25N3. The number of hydrogen-bond donors (Lipinski definition) is 0. The van der Waals surface area contributed by atoms with Crippen molar-refractivity contribution in [1.82, 2.24) is 15.0 Å². The van der Waals surface area contributed by atoms with Gasteiger partial charge in [0.2, 0.25) is 0 Å². The van der Waals surface area contributed by atoms with Crippen LogP contribution in [-0.4, -0.2) is 15.0 Å². The number of pyridine rings is 1. The van der Waals surface area contributed by atoms with Gasteiger partial charge in [0, 0.05) is 33.8 Å². The fourth-order valence-electron chi connectivity index (χ4n) is 5.88. The molecule has 0 aliphatic heterocycles. The second-order valence-electron chi connectivity index (χ2n) is 10.5. The van der Waals surface area contributed by atoms with Crippen LogP contribution in [0, 0.1) is 0 Å². The van der Waals surface area contributed by atoms with Crippen LogP contribution >= 0.6 is 0 Å². The van der Waals surface area contributed by atoms with Crippen LogP contribution in [0.15, 0.2) is 152 Å². The first-order chi connectivity index (χ1) is 20.8. The van der Waals surface area contributed by atoms with Gasteiger partial charge in [0.25, 0.3) is 0 Å². The zero-order chi connectivity index (χ0) is 27.9. The predicted octanol–water partition coefficient (Wildman–Crippen LogP) is 10.00. The van der Waals surface area contributed by atoms with Crippen molar-refractivity contribution >= 4 is 32.3 Å². The van der Waals surface area contributed by atoms with Gasteiger partial charge in [-0.25, -0.2) is 9.97 Å². The van der Waals surface area contributed by atoms with E-state index < -0.39 is 0 Å².